The summed E-state index contributed by atoms with van der Waals surface area (Å²) in [6, 6.07) is 2.12. The van der Waals surface area contributed by atoms with Gasteiger partial charge in [-0.1, -0.05) is 0 Å². The number of rotatable bonds is 2. The van der Waals surface area contributed by atoms with Gasteiger partial charge in [-0.3, -0.25) is 4.79 Å². The van der Waals surface area contributed by atoms with Gasteiger partial charge in [0, 0.05) is 29.0 Å². The van der Waals surface area contributed by atoms with Crippen LogP contribution in [0.25, 0.3) is 0 Å². The van der Waals surface area contributed by atoms with Crippen LogP contribution in [-0.4, -0.2) is 40.1 Å². The Balaban J connectivity index is 2.12. The van der Waals surface area contributed by atoms with Crippen molar-refractivity contribution in [1.82, 2.24) is 9.88 Å². The fourth-order valence-electron chi connectivity index (χ4n) is 2.26. The van der Waals surface area contributed by atoms with Crippen LogP contribution in [0.15, 0.2) is 12.3 Å². The molecule has 0 bridgehead atoms. The summed E-state index contributed by atoms with van der Waals surface area (Å²) in [6.07, 6.45) is 3.80. The summed E-state index contributed by atoms with van der Waals surface area (Å²) >= 11 is 2.18. The molecule has 0 aliphatic carbocycles. The molecule has 2 rings (SSSR count). The molecular formula is C12H17IN2O2. The van der Waals surface area contributed by atoms with Gasteiger partial charge in [0.25, 0.3) is 5.91 Å². The summed E-state index contributed by atoms with van der Waals surface area (Å²) in [5.74, 6) is 0.266. The Morgan fingerprint density at radius 2 is 2.41 bits per heavy atom. The van der Waals surface area contributed by atoms with Crippen molar-refractivity contribution in [3.8, 4) is 0 Å². The first kappa shape index (κ1) is 12.9. The Bertz CT molecular complexity index is 405. The summed E-state index contributed by atoms with van der Waals surface area (Å²) < 4.78 is 1.04. The van der Waals surface area contributed by atoms with Crippen LogP contribution in [0, 0.1) is 9.49 Å². The number of amides is 1. The van der Waals surface area contributed by atoms with Crippen molar-refractivity contribution in [3.05, 3.63) is 21.5 Å². The smallest absolute Gasteiger partial charge is 0.270 e. The molecule has 1 aliphatic heterocycles. The van der Waals surface area contributed by atoms with Gasteiger partial charge in [-0.05, 0) is 54.3 Å². The zero-order chi connectivity index (χ0) is 12.4. The highest BCUT2D eigenvalue weighted by Crippen LogP contribution is 2.23. The number of aliphatic hydroxyl groups excluding tert-OH is 1. The van der Waals surface area contributed by atoms with Crippen LogP contribution < -0.4 is 0 Å². The van der Waals surface area contributed by atoms with Crippen LogP contribution >= 0.6 is 22.6 Å². The van der Waals surface area contributed by atoms with Gasteiger partial charge >= 0.3 is 0 Å². The molecule has 2 N–H and O–H groups in total. The van der Waals surface area contributed by atoms with Gasteiger partial charge in [0.2, 0.25) is 0 Å². The second kappa shape index (κ2) is 5.39. The van der Waals surface area contributed by atoms with Crippen molar-refractivity contribution in [1.29, 1.82) is 0 Å². The molecule has 0 aromatic carbocycles. The maximum absolute atomic E-state index is 12.3. The van der Waals surface area contributed by atoms with Gasteiger partial charge in [0.1, 0.15) is 5.69 Å². The average Bonchev–Trinajstić information content (AvgIpc) is 2.76. The molecule has 1 aromatic heterocycles. The van der Waals surface area contributed by atoms with E-state index in [1.807, 2.05) is 17.2 Å². The predicted octanol–water partition coefficient (Wildman–Crippen LogP) is 1.85. The summed E-state index contributed by atoms with van der Waals surface area (Å²) in [5, 5.41) is 9.20. The minimum Gasteiger partial charge on any atom is -0.396 e. The molecule has 2 heterocycles. The van der Waals surface area contributed by atoms with Crippen molar-refractivity contribution >= 4 is 28.5 Å². The van der Waals surface area contributed by atoms with Crippen LogP contribution in [-0.2, 0) is 0 Å². The predicted molar refractivity (Wildman–Crippen MR) is 73.8 cm³/mol. The van der Waals surface area contributed by atoms with Crippen LogP contribution in [0.1, 0.15) is 30.3 Å². The maximum atomic E-state index is 12.3. The van der Waals surface area contributed by atoms with E-state index in [0.29, 0.717) is 12.2 Å². The normalized spacial score (nSPS) is 25.0. The average molecular weight is 348 g/mol. The zero-order valence-corrected chi connectivity index (χ0v) is 12.0. The minimum absolute atomic E-state index is 0.0403. The van der Waals surface area contributed by atoms with Crippen LogP contribution in [0.2, 0.25) is 0 Å². The molecule has 2 unspecified atom stereocenters. The topological polar surface area (TPSA) is 56.3 Å². The fraction of sp³-hybridized carbons (Fsp3) is 0.583. The molecule has 0 radical (unpaired) electrons. The molecule has 5 heteroatoms. The molecule has 0 spiro atoms. The molecule has 94 valence electrons. The highest BCUT2D eigenvalue weighted by Gasteiger charge is 2.29. The number of carbonyl (C=O) groups is 1. The van der Waals surface area contributed by atoms with Crippen LogP contribution in [0.3, 0.4) is 0 Å². The quantitative estimate of drug-likeness (QED) is 0.802. The number of aromatic amines is 1. The number of aromatic nitrogens is 1. The maximum Gasteiger partial charge on any atom is 0.270 e. The zero-order valence-electron chi connectivity index (χ0n) is 9.82. The van der Waals surface area contributed by atoms with Crippen molar-refractivity contribution < 1.29 is 9.90 Å². The van der Waals surface area contributed by atoms with Crippen molar-refractivity contribution in [2.75, 3.05) is 13.2 Å². The third-order valence-electron chi connectivity index (χ3n) is 3.38. The lowest BCUT2D eigenvalue weighted by Gasteiger charge is -2.37. The van der Waals surface area contributed by atoms with Gasteiger partial charge in [0.05, 0.1) is 0 Å². The number of halogens is 1. The van der Waals surface area contributed by atoms with E-state index in [1.54, 1.807) is 0 Å². The second-order valence-electron chi connectivity index (χ2n) is 4.66. The van der Waals surface area contributed by atoms with Gasteiger partial charge in [-0.15, -0.1) is 0 Å². The number of nitrogens with zero attached hydrogens (tertiary/aromatic N) is 1. The first-order chi connectivity index (χ1) is 8.11. The summed E-state index contributed by atoms with van der Waals surface area (Å²) in [4.78, 5) is 17.2. The van der Waals surface area contributed by atoms with E-state index in [2.05, 4.69) is 34.5 Å². The lowest BCUT2D eigenvalue weighted by Crippen LogP contribution is -2.46. The molecule has 17 heavy (non-hydrogen) atoms. The molecule has 1 aromatic rings. The Hall–Kier alpha value is -0.560. The van der Waals surface area contributed by atoms with Gasteiger partial charge in [0.15, 0.2) is 0 Å². The Labute approximate surface area is 115 Å². The lowest BCUT2D eigenvalue weighted by atomic mass is 9.94. The van der Waals surface area contributed by atoms with Gasteiger partial charge in [-0.25, -0.2) is 0 Å². The first-order valence-corrected chi connectivity index (χ1v) is 6.95. The number of hydrogen-bond donors (Lipinski definition) is 2. The largest absolute Gasteiger partial charge is 0.396 e. The molecule has 1 saturated heterocycles. The van der Waals surface area contributed by atoms with Crippen LogP contribution in [0.4, 0.5) is 0 Å². The highest BCUT2D eigenvalue weighted by atomic mass is 127. The highest BCUT2D eigenvalue weighted by molar-refractivity contribution is 14.1. The molecule has 1 fully saturated rings. The van der Waals surface area contributed by atoms with E-state index < -0.39 is 0 Å². The number of nitrogens with one attached hydrogen (secondary N) is 1. The molecule has 0 saturated carbocycles. The molecule has 4 nitrogen and oxygen atoms in total. The van der Waals surface area contributed by atoms with Crippen LogP contribution in [0.5, 0.6) is 0 Å². The number of carbonyl (C=O) groups excluding carboxylic acids is 1. The number of likely N-dealkylation sites (tertiary alicyclic amines) is 1. The number of piperidine rings is 1. The Morgan fingerprint density at radius 3 is 3.00 bits per heavy atom. The molecule has 1 aliphatic rings. The third kappa shape index (κ3) is 2.82. The summed E-state index contributed by atoms with van der Waals surface area (Å²) in [5.41, 5.74) is 0.639. The monoisotopic (exact) mass is 348 g/mol. The van der Waals surface area contributed by atoms with Gasteiger partial charge in [-0.2, -0.15) is 0 Å². The standard InChI is InChI=1S/C12H17IN2O2/c1-8-2-3-9(7-16)6-15(8)12(17)11-4-10(13)5-14-11/h4-5,8-9,14,16H,2-3,6-7H2,1H3. The van der Waals surface area contributed by atoms with Crippen molar-refractivity contribution in [2.24, 2.45) is 5.92 Å². The number of H-pyrrole nitrogens is 1. The summed E-state index contributed by atoms with van der Waals surface area (Å²) in [6.45, 7) is 2.89. The Kier molecular flexibility index (Phi) is 4.09. The summed E-state index contributed by atoms with van der Waals surface area (Å²) in [7, 11) is 0. The first-order valence-electron chi connectivity index (χ1n) is 5.87. The van der Waals surface area contributed by atoms with E-state index >= 15 is 0 Å². The minimum atomic E-state index is 0.0403. The van der Waals surface area contributed by atoms with Crippen molar-refractivity contribution in [2.45, 2.75) is 25.8 Å². The SMILES string of the molecule is CC1CCC(CO)CN1C(=O)c1cc(I)c[nH]1. The van der Waals surface area contributed by atoms with E-state index in [0.717, 1.165) is 16.4 Å². The fourth-order valence-corrected chi connectivity index (χ4v) is 2.73. The second-order valence-corrected chi connectivity index (χ2v) is 5.91. The number of hydrogen-bond acceptors (Lipinski definition) is 2. The van der Waals surface area contributed by atoms with E-state index in [4.69, 9.17) is 0 Å². The third-order valence-corrected chi connectivity index (χ3v) is 4.00. The van der Waals surface area contributed by atoms with E-state index in [1.165, 1.54) is 0 Å². The van der Waals surface area contributed by atoms with E-state index in [9.17, 15) is 9.90 Å². The Morgan fingerprint density at radius 1 is 1.65 bits per heavy atom. The molecular weight excluding hydrogens is 331 g/mol. The molecule has 1 amide bonds. The molecule has 2 atom stereocenters. The lowest BCUT2D eigenvalue weighted by molar-refractivity contribution is 0.0484. The van der Waals surface area contributed by atoms with E-state index in [-0.39, 0.29) is 24.5 Å². The van der Waals surface area contributed by atoms with Gasteiger partial charge < -0.3 is 15.0 Å². The van der Waals surface area contributed by atoms with Crippen molar-refractivity contribution in [3.63, 3.8) is 0 Å². The number of aliphatic hydroxyl groups is 1.